The summed E-state index contributed by atoms with van der Waals surface area (Å²) in [5.74, 6) is 0. The van der Waals surface area contributed by atoms with Crippen LogP contribution in [0, 0.1) is 13.8 Å². The number of halogens is 3. The van der Waals surface area contributed by atoms with E-state index in [2.05, 4.69) is 9.97 Å². The summed E-state index contributed by atoms with van der Waals surface area (Å²) in [6.07, 6.45) is -6.17. The van der Waals surface area contributed by atoms with Crippen molar-refractivity contribution in [2.45, 2.75) is 32.7 Å². The third kappa shape index (κ3) is 3.94. The van der Waals surface area contributed by atoms with Crippen LogP contribution in [0.5, 0.6) is 0 Å². The van der Waals surface area contributed by atoms with Gasteiger partial charge in [0.15, 0.2) is 11.2 Å². The van der Waals surface area contributed by atoms with Gasteiger partial charge in [-0.15, -0.1) is 0 Å². The number of nitrogens with two attached hydrogens (primary N) is 1. The number of alkyl halides is 3. The lowest BCUT2D eigenvalue weighted by atomic mass is 10.1. The molecule has 136 valence electrons. The van der Waals surface area contributed by atoms with E-state index in [1.54, 1.807) is 4.90 Å². The monoisotopic (exact) mass is 372 g/mol. The van der Waals surface area contributed by atoms with Crippen molar-refractivity contribution in [3.8, 4) is 10.4 Å². The number of nitrogens with zero attached hydrogens (tertiary/aromatic N) is 3. The van der Waals surface area contributed by atoms with E-state index in [9.17, 15) is 13.2 Å². The lowest BCUT2D eigenvalue weighted by molar-refractivity contribution is -0.221. The van der Waals surface area contributed by atoms with E-state index in [1.807, 2.05) is 26.0 Å². The summed E-state index contributed by atoms with van der Waals surface area (Å²) in [7, 11) is 0. The number of aryl methyl sites for hydroxylation is 2. The van der Waals surface area contributed by atoms with Gasteiger partial charge in [-0.3, -0.25) is 4.98 Å². The van der Waals surface area contributed by atoms with Gasteiger partial charge in [-0.25, -0.2) is 4.98 Å². The van der Waals surface area contributed by atoms with Gasteiger partial charge in [-0.1, -0.05) is 11.3 Å². The van der Waals surface area contributed by atoms with Gasteiger partial charge in [0.1, 0.15) is 0 Å². The molecule has 0 aromatic carbocycles. The number of hydrogen-bond acceptors (Lipinski definition) is 6. The fraction of sp³-hybridized carbons (Fsp3) is 0.500. The van der Waals surface area contributed by atoms with Crippen LogP contribution < -0.4 is 10.6 Å². The number of anilines is 1. The van der Waals surface area contributed by atoms with Crippen LogP contribution in [0.3, 0.4) is 0 Å². The third-order valence-corrected chi connectivity index (χ3v) is 5.13. The van der Waals surface area contributed by atoms with Gasteiger partial charge in [0.05, 0.1) is 23.7 Å². The number of aromatic nitrogens is 2. The highest BCUT2D eigenvalue weighted by atomic mass is 32.1. The Hall–Kier alpha value is -1.71. The first kappa shape index (κ1) is 18.1. The molecule has 1 saturated heterocycles. The molecule has 1 fully saturated rings. The zero-order valence-electron chi connectivity index (χ0n) is 13.9. The number of hydrogen-bond donors (Lipinski definition) is 1. The van der Waals surface area contributed by atoms with E-state index in [0.29, 0.717) is 17.4 Å². The highest BCUT2D eigenvalue weighted by Gasteiger charge is 2.44. The molecule has 2 aromatic heterocycles. The molecule has 9 heteroatoms. The molecule has 3 heterocycles. The van der Waals surface area contributed by atoms with Crippen LogP contribution in [0.15, 0.2) is 12.1 Å². The summed E-state index contributed by atoms with van der Waals surface area (Å²) >= 11 is 1.36. The first-order valence-corrected chi connectivity index (χ1v) is 8.68. The van der Waals surface area contributed by atoms with Crippen molar-refractivity contribution in [3.05, 3.63) is 29.2 Å². The SMILES string of the molecule is Cc1cc(-c2sc(N3CCOC(C(F)(F)F)C3)nc2CN)cc(C)n1. The van der Waals surface area contributed by atoms with Crippen molar-refractivity contribution in [1.29, 1.82) is 0 Å². The molecule has 0 spiro atoms. The summed E-state index contributed by atoms with van der Waals surface area (Å²) in [6.45, 7) is 4.16. The molecule has 1 aliphatic heterocycles. The van der Waals surface area contributed by atoms with Crippen molar-refractivity contribution >= 4 is 16.5 Å². The Balaban J connectivity index is 1.92. The maximum absolute atomic E-state index is 12.9. The molecule has 0 radical (unpaired) electrons. The van der Waals surface area contributed by atoms with Crippen LogP contribution in [0.25, 0.3) is 10.4 Å². The second-order valence-corrected chi connectivity index (χ2v) is 6.94. The predicted molar refractivity (Wildman–Crippen MR) is 90.7 cm³/mol. The van der Waals surface area contributed by atoms with E-state index < -0.39 is 12.3 Å². The van der Waals surface area contributed by atoms with Crippen LogP contribution in [-0.2, 0) is 11.3 Å². The minimum absolute atomic E-state index is 0.0184. The van der Waals surface area contributed by atoms with E-state index in [4.69, 9.17) is 10.5 Å². The van der Waals surface area contributed by atoms with Crippen molar-refractivity contribution in [3.63, 3.8) is 0 Å². The van der Waals surface area contributed by atoms with E-state index in [1.165, 1.54) is 11.3 Å². The Morgan fingerprint density at radius 3 is 2.56 bits per heavy atom. The zero-order valence-corrected chi connectivity index (χ0v) is 14.7. The number of pyridine rings is 1. The number of rotatable bonds is 3. The third-order valence-electron chi connectivity index (χ3n) is 3.93. The van der Waals surface area contributed by atoms with Gasteiger partial charge in [-0.2, -0.15) is 13.2 Å². The van der Waals surface area contributed by atoms with Gasteiger partial charge in [0.25, 0.3) is 0 Å². The number of thiazole rings is 1. The Kier molecular flexibility index (Phi) is 4.99. The average Bonchev–Trinajstić information content (AvgIpc) is 2.97. The molecule has 5 nitrogen and oxygen atoms in total. The topological polar surface area (TPSA) is 64.3 Å². The molecule has 0 bridgehead atoms. The minimum atomic E-state index is -4.38. The second kappa shape index (κ2) is 6.89. The molecule has 1 atom stereocenters. The molecule has 1 aliphatic rings. The highest BCUT2D eigenvalue weighted by Crippen LogP contribution is 2.37. The fourth-order valence-electron chi connectivity index (χ4n) is 2.83. The molecule has 1 unspecified atom stereocenters. The van der Waals surface area contributed by atoms with Gasteiger partial charge < -0.3 is 15.4 Å². The fourth-order valence-corrected chi connectivity index (χ4v) is 3.94. The quantitative estimate of drug-likeness (QED) is 0.897. The minimum Gasteiger partial charge on any atom is -0.365 e. The summed E-state index contributed by atoms with van der Waals surface area (Å²) in [6, 6.07) is 3.86. The van der Waals surface area contributed by atoms with Crippen LogP contribution in [0.2, 0.25) is 0 Å². The maximum atomic E-state index is 12.9. The van der Waals surface area contributed by atoms with Crippen molar-refractivity contribution in [1.82, 2.24) is 9.97 Å². The lowest BCUT2D eigenvalue weighted by Crippen LogP contribution is -2.49. The largest absolute Gasteiger partial charge is 0.416 e. The van der Waals surface area contributed by atoms with Crippen molar-refractivity contribution < 1.29 is 17.9 Å². The predicted octanol–water partition coefficient (Wildman–Crippen LogP) is 3.05. The van der Waals surface area contributed by atoms with E-state index in [-0.39, 0.29) is 19.7 Å². The Labute approximate surface area is 147 Å². The molecular formula is C16H19F3N4OS. The first-order chi connectivity index (χ1) is 11.8. The smallest absolute Gasteiger partial charge is 0.365 e. The molecule has 2 N–H and O–H groups in total. The molecular weight excluding hydrogens is 353 g/mol. The number of ether oxygens (including phenoxy) is 1. The molecule has 0 amide bonds. The highest BCUT2D eigenvalue weighted by molar-refractivity contribution is 7.19. The molecule has 25 heavy (non-hydrogen) atoms. The summed E-state index contributed by atoms with van der Waals surface area (Å²) in [5, 5.41) is 0.542. The van der Waals surface area contributed by atoms with E-state index >= 15 is 0 Å². The number of morpholine rings is 1. The van der Waals surface area contributed by atoms with Gasteiger partial charge >= 0.3 is 6.18 Å². The van der Waals surface area contributed by atoms with Crippen molar-refractivity contribution in [2.75, 3.05) is 24.6 Å². The van der Waals surface area contributed by atoms with Crippen LogP contribution in [-0.4, -0.2) is 41.9 Å². The molecule has 2 aromatic rings. The Bertz CT molecular complexity index is 742. The zero-order chi connectivity index (χ0) is 18.2. The molecule has 0 saturated carbocycles. The van der Waals surface area contributed by atoms with Crippen LogP contribution in [0.1, 0.15) is 17.1 Å². The average molecular weight is 372 g/mol. The van der Waals surface area contributed by atoms with Crippen molar-refractivity contribution in [2.24, 2.45) is 5.73 Å². The second-order valence-electron chi connectivity index (χ2n) is 5.96. The Morgan fingerprint density at radius 2 is 1.96 bits per heavy atom. The Morgan fingerprint density at radius 1 is 1.28 bits per heavy atom. The van der Waals surface area contributed by atoms with Gasteiger partial charge in [0.2, 0.25) is 0 Å². The van der Waals surface area contributed by atoms with E-state index in [0.717, 1.165) is 21.8 Å². The van der Waals surface area contributed by atoms with Crippen LogP contribution in [0.4, 0.5) is 18.3 Å². The standard InChI is InChI=1S/C16H19F3N4OS/c1-9-5-11(6-10(2)21-9)14-12(7-20)22-15(25-14)23-3-4-24-13(8-23)16(17,18)19/h5-6,13H,3-4,7-8,20H2,1-2H3. The van der Waals surface area contributed by atoms with Crippen LogP contribution >= 0.6 is 11.3 Å². The molecule has 0 aliphatic carbocycles. The van der Waals surface area contributed by atoms with Gasteiger partial charge in [-0.05, 0) is 31.5 Å². The summed E-state index contributed by atoms with van der Waals surface area (Å²) in [4.78, 5) is 11.3. The summed E-state index contributed by atoms with van der Waals surface area (Å²) < 4.78 is 43.7. The molecule has 3 rings (SSSR count). The first-order valence-electron chi connectivity index (χ1n) is 7.86. The lowest BCUT2D eigenvalue weighted by Gasteiger charge is -2.33. The summed E-state index contributed by atoms with van der Waals surface area (Å²) in [5.41, 5.74) is 9.17. The maximum Gasteiger partial charge on any atom is 0.416 e. The normalized spacial score (nSPS) is 18.6. The van der Waals surface area contributed by atoms with Gasteiger partial charge in [0, 0.05) is 24.5 Å².